The minimum absolute atomic E-state index is 0.129. The Bertz CT molecular complexity index is 388. The van der Waals surface area contributed by atoms with Crippen LogP contribution in [0.5, 0.6) is 0 Å². The van der Waals surface area contributed by atoms with E-state index in [1.54, 1.807) is 0 Å². The van der Waals surface area contributed by atoms with Crippen molar-refractivity contribution in [2.24, 2.45) is 0 Å². The summed E-state index contributed by atoms with van der Waals surface area (Å²) >= 11 is 0. The molecule has 1 rings (SSSR count). The van der Waals surface area contributed by atoms with Crippen molar-refractivity contribution < 1.29 is 9.53 Å². The van der Waals surface area contributed by atoms with E-state index in [9.17, 15) is 4.79 Å². The van der Waals surface area contributed by atoms with Gasteiger partial charge in [-0.3, -0.25) is 4.79 Å². The first-order chi connectivity index (χ1) is 8.06. The van der Waals surface area contributed by atoms with E-state index in [2.05, 4.69) is 42.1 Å². The van der Waals surface area contributed by atoms with Crippen LogP contribution in [0.1, 0.15) is 23.1 Å². The number of nitrogens with one attached hydrogen (secondary N) is 1. The van der Waals surface area contributed by atoms with E-state index in [1.807, 2.05) is 7.05 Å². The number of aryl methyl sites for hydroxylation is 2. The topological polar surface area (TPSA) is 38.3 Å². The van der Waals surface area contributed by atoms with Crippen LogP contribution in [0, 0.1) is 13.8 Å². The van der Waals surface area contributed by atoms with E-state index < -0.39 is 0 Å². The van der Waals surface area contributed by atoms with Gasteiger partial charge < -0.3 is 10.1 Å². The fraction of sp³-hybridized carbons (Fsp3) is 0.500. The Hall–Kier alpha value is -1.35. The molecule has 3 heteroatoms. The molecular weight excluding hydrogens is 214 g/mol. The maximum absolute atomic E-state index is 11.2. The van der Waals surface area contributed by atoms with Crippen molar-refractivity contribution in [1.82, 2.24) is 5.32 Å². The van der Waals surface area contributed by atoms with Crippen molar-refractivity contribution in [3.05, 3.63) is 34.9 Å². The Balaban J connectivity index is 2.67. The van der Waals surface area contributed by atoms with Gasteiger partial charge in [-0.1, -0.05) is 18.2 Å². The average Bonchev–Trinajstić information content (AvgIpc) is 2.32. The van der Waals surface area contributed by atoms with Gasteiger partial charge in [0, 0.05) is 6.04 Å². The van der Waals surface area contributed by atoms with E-state index in [1.165, 1.54) is 23.8 Å². The molecule has 1 N–H and O–H groups in total. The molecule has 1 aromatic carbocycles. The SMILES string of the molecule is CNC(CC(=O)OC)Cc1ccc(C)c(C)c1. The third-order valence-corrected chi connectivity index (χ3v) is 3.10. The fourth-order valence-corrected chi connectivity index (χ4v) is 1.78. The van der Waals surface area contributed by atoms with Gasteiger partial charge in [-0.25, -0.2) is 0 Å². The van der Waals surface area contributed by atoms with Crippen LogP contribution in [0.3, 0.4) is 0 Å². The van der Waals surface area contributed by atoms with Crippen LogP contribution in [0.2, 0.25) is 0 Å². The third-order valence-electron chi connectivity index (χ3n) is 3.10. The maximum atomic E-state index is 11.2. The van der Waals surface area contributed by atoms with E-state index >= 15 is 0 Å². The minimum atomic E-state index is -0.173. The lowest BCUT2D eigenvalue weighted by molar-refractivity contribution is -0.141. The normalized spacial score (nSPS) is 12.2. The number of likely N-dealkylation sites (N-methyl/N-ethyl adjacent to an activating group) is 1. The maximum Gasteiger partial charge on any atom is 0.307 e. The summed E-state index contributed by atoms with van der Waals surface area (Å²) in [5.74, 6) is -0.173. The Labute approximate surface area is 103 Å². The second-order valence-corrected chi connectivity index (χ2v) is 4.39. The van der Waals surface area contributed by atoms with Gasteiger partial charge in [0.1, 0.15) is 0 Å². The van der Waals surface area contributed by atoms with Gasteiger partial charge in [0.2, 0.25) is 0 Å². The van der Waals surface area contributed by atoms with Gasteiger partial charge in [0.25, 0.3) is 0 Å². The fourth-order valence-electron chi connectivity index (χ4n) is 1.78. The Kier molecular flexibility index (Phi) is 5.16. The molecule has 0 bridgehead atoms. The van der Waals surface area contributed by atoms with E-state index in [4.69, 9.17) is 0 Å². The van der Waals surface area contributed by atoms with Crippen LogP contribution in [-0.2, 0) is 16.0 Å². The van der Waals surface area contributed by atoms with E-state index in [0.29, 0.717) is 6.42 Å². The zero-order valence-corrected chi connectivity index (χ0v) is 11.0. The Morgan fingerprint density at radius 1 is 1.35 bits per heavy atom. The van der Waals surface area contributed by atoms with Gasteiger partial charge in [0.05, 0.1) is 13.5 Å². The Morgan fingerprint density at radius 2 is 2.06 bits per heavy atom. The summed E-state index contributed by atoms with van der Waals surface area (Å²) in [6.45, 7) is 4.20. The summed E-state index contributed by atoms with van der Waals surface area (Å²) in [4.78, 5) is 11.2. The highest BCUT2D eigenvalue weighted by Crippen LogP contribution is 2.12. The lowest BCUT2D eigenvalue weighted by Crippen LogP contribution is -2.30. The molecule has 17 heavy (non-hydrogen) atoms. The van der Waals surface area contributed by atoms with Crippen molar-refractivity contribution in [2.75, 3.05) is 14.2 Å². The van der Waals surface area contributed by atoms with Crippen LogP contribution in [-0.4, -0.2) is 26.2 Å². The van der Waals surface area contributed by atoms with Crippen LogP contribution >= 0.6 is 0 Å². The summed E-state index contributed by atoms with van der Waals surface area (Å²) in [5, 5.41) is 3.15. The van der Waals surface area contributed by atoms with E-state index in [-0.39, 0.29) is 12.0 Å². The molecule has 0 amide bonds. The number of carbonyl (C=O) groups is 1. The Morgan fingerprint density at radius 3 is 2.59 bits per heavy atom. The van der Waals surface area contributed by atoms with Crippen molar-refractivity contribution in [2.45, 2.75) is 32.7 Å². The smallest absolute Gasteiger partial charge is 0.307 e. The monoisotopic (exact) mass is 235 g/mol. The highest BCUT2D eigenvalue weighted by atomic mass is 16.5. The lowest BCUT2D eigenvalue weighted by Gasteiger charge is -2.15. The number of methoxy groups -OCH3 is 1. The molecule has 94 valence electrons. The first-order valence-corrected chi connectivity index (χ1v) is 5.87. The molecule has 1 aromatic rings. The van der Waals surface area contributed by atoms with Crippen LogP contribution in [0.15, 0.2) is 18.2 Å². The van der Waals surface area contributed by atoms with Crippen molar-refractivity contribution in [3.63, 3.8) is 0 Å². The summed E-state index contributed by atoms with van der Waals surface area (Å²) < 4.78 is 4.68. The second kappa shape index (κ2) is 6.40. The number of ether oxygens (including phenoxy) is 1. The number of hydrogen-bond acceptors (Lipinski definition) is 3. The molecule has 0 aliphatic carbocycles. The van der Waals surface area contributed by atoms with Crippen molar-refractivity contribution in [3.8, 4) is 0 Å². The standard InChI is InChI=1S/C14H21NO2/c1-10-5-6-12(7-11(10)2)8-13(15-3)9-14(16)17-4/h5-7,13,15H,8-9H2,1-4H3. The summed E-state index contributed by atoms with van der Waals surface area (Å²) in [5.41, 5.74) is 3.83. The summed E-state index contributed by atoms with van der Waals surface area (Å²) in [7, 11) is 3.29. The third kappa shape index (κ3) is 4.19. The van der Waals surface area contributed by atoms with Crippen LogP contribution < -0.4 is 5.32 Å². The predicted octanol–water partition coefficient (Wildman–Crippen LogP) is 2.00. The molecule has 0 aliphatic rings. The predicted molar refractivity (Wildman–Crippen MR) is 69.1 cm³/mol. The van der Waals surface area contributed by atoms with Gasteiger partial charge in [-0.2, -0.15) is 0 Å². The van der Waals surface area contributed by atoms with Crippen molar-refractivity contribution >= 4 is 5.97 Å². The number of carbonyl (C=O) groups excluding carboxylic acids is 1. The number of hydrogen-bond donors (Lipinski definition) is 1. The largest absolute Gasteiger partial charge is 0.469 e. The van der Waals surface area contributed by atoms with Crippen LogP contribution in [0.25, 0.3) is 0 Å². The first-order valence-electron chi connectivity index (χ1n) is 5.87. The molecule has 3 nitrogen and oxygen atoms in total. The minimum Gasteiger partial charge on any atom is -0.469 e. The van der Waals surface area contributed by atoms with Gasteiger partial charge >= 0.3 is 5.97 Å². The zero-order chi connectivity index (χ0) is 12.8. The lowest BCUT2D eigenvalue weighted by atomic mass is 9.99. The molecule has 1 unspecified atom stereocenters. The number of esters is 1. The molecule has 0 fully saturated rings. The molecule has 0 saturated heterocycles. The quantitative estimate of drug-likeness (QED) is 0.793. The molecule has 0 radical (unpaired) electrons. The first kappa shape index (κ1) is 13.7. The van der Waals surface area contributed by atoms with Gasteiger partial charge in [0.15, 0.2) is 0 Å². The highest BCUT2D eigenvalue weighted by Gasteiger charge is 2.13. The van der Waals surface area contributed by atoms with Crippen molar-refractivity contribution in [1.29, 1.82) is 0 Å². The molecule has 0 heterocycles. The van der Waals surface area contributed by atoms with Crippen LogP contribution in [0.4, 0.5) is 0 Å². The molecule has 1 atom stereocenters. The molecule has 0 aliphatic heterocycles. The second-order valence-electron chi connectivity index (χ2n) is 4.39. The van der Waals surface area contributed by atoms with Gasteiger partial charge in [-0.05, 0) is 44.0 Å². The highest BCUT2D eigenvalue weighted by molar-refractivity contribution is 5.69. The van der Waals surface area contributed by atoms with E-state index in [0.717, 1.165) is 6.42 Å². The molecular formula is C14H21NO2. The summed E-state index contributed by atoms with van der Waals surface area (Å²) in [6.07, 6.45) is 1.24. The van der Waals surface area contributed by atoms with Gasteiger partial charge in [-0.15, -0.1) is 0 Å². The number of benzene rings is 1. The average molecular weight is 235 g/mol. The number of rotatable bonds is 5. The zero-order valence-electron chi connectivity index (χ0n) is 11.0. The molecule has 0 saturated carbocycles. The molecule has 0 spiro atoms. The summed E-state index contributed by atoms with van der Waals surface area (Å²) in [6, 6.07) is 6.54. The molecule has 0 aromatic heterocycles.